The van der Waals surface area contributed by atoms with Gasteiger partial charge in [-0.15, -0.1) is 10.6 Å². The van der Waals surface area contributed by atoms with Crippen LogP contribution in [0.4, 0.5) is 0 Å². The fourth-order valence-corrected chi connectivity index (χ4v) is 2.72. The Morgan fingerprint density at radius 3 is 1.27 bits per heavy atom. The zero-order valence-corrected chi connectivity index (χ0v) is 13.5. The van der Waals surface area contributed by atoms with Gasteiger partial charge in [0.25, 0.3) is 0 Å². The van der Waals surface area contributed by atoms with E-state index in [1.807, 2.05) is 0 Å². The topological polar surface area (TPSA) is 0 Å². The molecule has 0 aromatic carbocycles. The Bertz CT molecular complexity index is 322. The van der Waals surface area contributed by atoms with Crippen LogP contribution in [0.15, 0.2) is 11.6 Å². The van der Waals surface area contributed by atoms with Crippen molar-refractivity contribution < 1.29 is 27.3 Å². The molecule has 78 valence electrons. The zero-order chi connectivity index (χ0) is 10.6. The smallest absolute Gasteiger partial charge is 1.00 e. The molecule has 0 spiro atoms. The Morgan fingerprint density at radius 1 is 0.867 bits per heavy atom. The molecule has 0 aliphatic rings. The summed E-state index contributed by atoms with van der Waals surface area (Å²) >= 11 is 0. The van der Waals surface area contributed by atoms with Crippen molar-refractivity contribution >= 4 is 16.4 Å². The summed E-state index contributed by atoms with van der Waals surface area (Å²) in [5, 5.41) is 2.77. The van der Waals surface area contributed by atoms with Crippen molar-refractivity contribution in [1.82, 2.24) is 0 Å². The van der Waals surface area contributed by atoms with Crippen LogP contribution in [0.25, 0.3) is 0 Å². The molecule has 2 aromatic heterocycles. The van der Waals surface area contributed by atoms with Gasteiger partial charge in [0.15, 0.2) is 0 Å². The second-order valence-electron chi connectivity index (χ2n) is 3.44. The minimum absolute atomic E-state index is 0. The summed E-state index contributed by atoms with van der Waals surface area (Å²) in [6.45, 7) is 8.41. The van der Waals surface area contributed by atoms with E-state index >= 15 is 0 Å². The molecule has 0 N–H and O–H groups in total. The summed E-state index contributed by atoms with van der Waals surface area (Å²) in [7, 11) is 1.81. The summed E-state index contributed by atoms with van der Waals surface area (Å²) in [6, 6.07) is 6.41. The molecule has 15 heavy (non-hydrogen) atoms. The Labute approximate surface area is 116 Å². The monoisotopic (exact) mass is 268 g/mol. The van der Waals surface area contributed by atoms with Crippen molar-refractivity contribution in [2.24, 2.45) is 0 Å². The molecule has 2 heterocycles. The van der Waals surface area contributed by atoms with Crippen molar-refractivity contribution in [3.05, 3.63) is 45.4 Å². The van der Waals surface area contributed by atoms with Crippen LogP contribution in [0.1, 0.15) is 23.1 Å². The van der Waals surface area contributed by atoms with Crippen molar-refractivity contribution in [3.63, 3.8) is 0 Å². The van der Waals surface area contributed by atoms with Crippen LogP contribution in [0.3, 0.4) is 0 Å². The third-order valence-corrected chi connectivity index (χ3v) is 4.05. The summed E-state index contributed by atoms with van der Waals surface area (Å²) in [5.41, 5.74) is 2.60. The van der Waals surface area contributed by atoms with E-state index in [0.29, 0.717) is 0 Å². The molecule has 0 saturated heterocycles. The Kier molecular flexibility index (Phi) is 7.88. The second-order valence-corrected chi connectivity index (χ2v) is 6.10. The molecule has 3 heteroatoms. The van der Waals surface area contributed by atoms with Crippen LogP contribution >= 0.6 is 16.4 Å². The second kappa shape index (κ2) is 7.66. The van der Waals surface area contributed by atoms with Gasteiger partial charge in [-0.25, -0.2) is 39.6 Å². The van der Waals surface area contributed by atoms with Crippen LogP contribution in [0.5, 0.6) is 0 Å². The first-order valence-corrected chi connectivity index (χ1v) is 6.81. The molecule has 2 rings (SSSR count). The number of hydrogen-bond donors (Lipinski definition) is 0. The molecular weight excluding hydrogens is 251 g/mol. The fourth-order valence-electron chi connectivity index (χ4n) is 1.17. The average molecular weight is 268 g/mol. The van der Waals surface area contributed by atoms with E-state index in [4.69, 9.17) is 0 Å². The molecule has 0 amide bonds. The number of rotatable bonds is 0. The van der Waals surface area contributed by atoms with Crippen molar-refractivity contribution in [2.45, 2.75) is 27.7 Å². The molecule has 2 aromatic rings. The molecule has 0 fully saturated rings. The maximum Gasteiger partial charge on any atom is 3.00 e. The van der Waals surface area contributed by atoms with Gasteiger partial charge in [-0.2, -0.15) is 11.6 Å². The third-order valence-electron chi connectivity index (χ3n) is 1.78. The minimum atomic E-state index is 0. The predicted octanol–water partition coefficient (Wildman–Crippen LogP) is 4.38. The van der Waals surface area contributed by atoms with E-state index in [0.717, 1.165) is 16.4 Å². The third kappa shape index (κ3) is 6.56. The molecule has 0 bridgehead atoms. The van der Waals surface area contributed by atoms with Crippen LogP contribution in [0.2, 0.25) is 0 Å². The predicted molar refractivity (Wildman–Crippen MR) is 69.6 cm³/mol. The average Bonchev–Trinajstić information content (AvgIpc) is 2.63. The maximum atomic E-state index is 3.21. The van der Waals surface area contributed by atoms with Gasteiger partial charge in [0.05, 0.1) is 0 Å². The van der Waals surface area contributed by atoms with Gasteiger partial charge >= 0.3 is 25.8 Å². The largest absolute Gasteiger partial charge is 3.00 e. The first kappa shape index (κ1) is 15.4. The molecule has 0 nitrogen and oxygen atoms in total. The first-order chi connectivity index (χ1) is 6.58. The maximum absolute atomic E-state index is 3.21. The summed E-state index contributed by atoms with van der Waals surface area (Å²) in [5.74, 6) is 4.44. The van der Waals surface area contributed by atoms with Gasteiger partial charge in [-0.3, -0.25) is 0 Å². The summed E-state index contributed by atoms with van der Waals surface area (Å²) in [4.78, 5) is 0. The van der Waals surface area contributed by atoms with Crippen molar-refractivity contribution in [1.29, 1.82) is 0 Å². The molecule has 0 aliphatic heterocycles. The van der Waals surface area contributed by atoms with Crippen LogP contribution < -0.4 is 0 Å². The fraction of sp³-hybridized carbons (Fsp3) is 0.333. The van der Waals surface area contributed by atoms with Gasteiger partial charge in [-0.1, -0.05) is 27.7 Å². The van der Waals surface area contributed by atoms with E-state index in [9.17, 15) is 0 Å². The van der Waals surface area contributed by atoms with Gasteiger partial charge in [0.1, 0.15) is 0 Å². The van der Waals surface area contributed by atoms with E-state index in [1.54, 1.807) is 0 Å². The number of hydrogen-bond acceptors (Lipinski definition) is 0. The Balaban J connectivity index is 0. The van der Waals surface area contributed by atoms with Gasteiger partial charge < -0.3 is 1.43 Å². The van der Waals surface area contributed by atoms with E-state index in [1.165, 1.54) is 21.7 Å². The van der Waals surface area contributed by atoms with Gasteiger partial charge in [-0.05, 0) is 0 Å². The quantitative estimate of drug-likeness (QED) is 0.622. The molecular formula is C12H17P2Sc. The first-order valence-electron chi connectivity index (χ1n) is 4.65. The molecule has 2 atom stereocenters. The van der Waals surface area contributed by atoms with Gasteiger partial charge in [0.2, 0.25) is 0 Å². The van der Waals surface area contributed by atoms with E-state index < -0.39 is 0 Å². The van der Waals surface area contributed by atoms with Crippen molar-refractivity contribution in [2.75, 3.05) is 0 Å². The SMILES string of the molecule is Cc1[c-]c(C)[pH]c1.Cc1[c-]c(C)[pH]c1.[H-].[Sc+3]. The Morgan fingerprint density at radius 2 is 1.20 bits per heavy atom. The van der Waals surface area contributed by atoms with Crippen LogP contribution in [-0.2, 0) is 25.8 Å². The van der Waals surface area contributed by atoms with Crippen LogP contribution in [0, 0.1) is 39.8 Å². The van der Waals surface area contributed by atoms with E-state index in [-0.39, 0.29) is 27.3 Å². The number of aryl methyl sites for hydroxylation is 4. The molecule has 0 saturated carbocycles. The van der Waals surface area contributed by atoms with Gasteiger partial charge in [0, 0.05) is 0 Å². The molecule has 0 radical (unpaired) electrons. The summed E-state index contributed by atoms with van der Waals surface area (Å²) in [6.07, 6.45) is 0. The molecule has 0 aliphatic carbocycles. The van der Waals surface area contributed by atoms with E-state index in [2.05, 4.69) is 51.4 Å². The summed E-state index contributed by atoms with van der Waals surface area (Å²) < 4.78 is 0. The Hall–Kier alpha value is 0.430. The van der Waals surface area contributed by atoms with Crippen LogP contribution in [-0.4, -0.2) is 0 Å². The molecule has 2 unspecified atom stereocenters. The standard InChI is InChI=1S/2C6H8P.Sc.H/c2*1-5-3-6(2)7-4-5;;/h2*4,7H,1-2H3;;/q2*-1;+3;-1. The zero-order valence-electron chi connectivity index (χ0n) is 10.7. The normalized spacial score (nSPS) is 9.87. The van der Waals surface area contributed by atoms with Crippen molar-refractivity contribution in [3.8, 4) is 0 Å². The minimum Gasteiger partial charge on any atom is -1.00 e.